The number of benzene rings is 1. The zero-order chi connectivity index (χ0) is 16.4. The normalized spacial score (nSPS) is 16.0. The molecule has 0 radical (unpaired) electrons. The van der Waals surface area contributed by atoms with E-state index in [0.29, 0.717) is 25.4 Å². The molecule has 0 saturated heterocycles. The number of aliphatic hydroxyl groups excluding tert-OH is 1. The lowest BCUT2D eigenvalue weighted by molar-refractivity contribution is 0.101. The topological polar surface area (TPSA) is 58.5 Å². The van der Waals surface area contributed by atoms with Crippen LogP contribution in [0.1, 0.15) is 22.9 Å². The summed E-state index contributed by atoms with van der Waals surface area (Å²) < 4.78 is 32.2. The predicted octanol–water partition coefficient (Wildman–Crippen LogP) is 1.86. The van der Waals surface area contributed by atoms with Crippen molar-refractivity contribution in [1.29, 1.82) is 0 Å². The first-order valence-corrected chi connectivity index (χ1v) is 7.30. The minimum Gasteiger partial charge on any atom is -0.481 e. The molecule has 23 heavy (non-hydrogen) atoms. The van der Waals surface area contributed by atoms with E-state index in [1.54, 1.807) is 7.11 Å². The van der Waals surface area contributed by atoms with E-state index in [1.165, 1.54) is 6.33 Å². The monoisotopic (exact) mass is 321 g/mol. The Morgan fingerprint density at radius 2 is 2.17 bits per heavy atom. The van der Waals surface area contributed by atoms with Crippen molar-refractivity contribution in [3.05, 3.63) is 53.0 Å². The smallest absolute Gasteiger partial charge is 0.220 e. The van der Waals surface area contributed by atoms with E-state index >= 15 is 0 Å². The Morgan fingerprint density at radius 3 is 2.96 bits per heavy atom. The van der Waals surface area contributed by atoms with Crippen LogP contribution in [0.5, 0.6) is 5.88 Å². The number of rotatable bonds is 4. The fraction of sp³-hybridized carbons (Fsp3) is 0.375. The second-order valence-electron chi connectivity index (χ2n) is 5.47. The van der Waals surface area contributed by atoms with Gasteiger partial charge in [-0.3, -0.25) is 4.90 Å². The van der Waals surface area contributed by atoms with E-state index < -0.39 is 17.7 Å². The van der Waals surface area contributed by atoms with Gasteiger partial charge in [0.1, 0.15) is 18.0 Å². The quantitative estimate of drug-likeness (QED) is 0.931. The highest BCUT2D eigenvalue weighted by atomic mass is 19.1. The summed E-state index contributed by atoms with van der Waals surface area (Å²) in [7, 11) is 1.54. The third kappa shape index (κ3) is 3.30. The maximum absolute atomic E-state index is 13.7. The van der Waals surface area contributed by atoms with Gasteiger partial charge in [0.25, 0.3) is 0 Å². The van der Waals surface area contributed by atoms with Crippen molar-refractivity contribution >= 4 is 0 Å². The predicted molar refractivity (Wildman–Crippen MR) is 78.9 cm³/mol. The van der Waals surface area contributed by atoms with Crippen molar-refractivity contribution in [3.63, 3.8) is 0 Å². The SMILES string of the molecule is COc1ncnc2c1CN(CC(O)c1cc(F)ccc1F)CC2. The molecule has 5 nitrogen and oxygen atoms in total. The van der Waals surface area contributed by atoms with Crippen molar-refractivity contribution in [1.82, 2.24) is 14.9 Å². The molecule has 1 unspecified atom stereocenters. The number of hydrogen-bond acceptors (Lipinski definition) is 5. The minimum atomic E-state index is -1.11. The molecule has 122 valence electrons. The summed E-state index contributed by atoms with van der Waals surface area (Å²) in [4.78, 5) is 10.3. The lowest BCUT2D eigenvalue weighted by atomic mass is 10.0. The molecule has 2 aromatic rings. The van der Waals surface area contributed by atoms with Crippen LogP contribution in [-0.4, -0.2) is 40.2 Å². The van der Waals surface area contributed by atoms with E-state index in [-0.39, 0.29) is 12.1 Å². The highest BCUT2D eigenvalue weighted by molar-refractivity contribution is 5.31. The molecule has 0 aliphatic carbocycles. The third-order valence-corrected chi connectivity index (χ3v) is 3.98. The summed E-state index contributed by atoms with van der Waals surface area (Å²) in [5, 5.41) is 10.2. The van der Waals surface area contributed by atoms with Gasteiger partial charge >= 0.3 is 0 Å². The Morgan fingerprint density at radius 1 is 1.35 bits per heavy atom. The molecule has 1 aromatic carbocycles. The molecule has 1 aliphatic heterocycles. The van der Waals surface area contributed by atoms with Gasteiger partial charge in [0.15, 0.2) is 0 Å². The number of halogens is 2. The Balaban J connectivity index is 1.75. The molecule has 0 amide bonds. The maximum Gasteiger partial charge on any atom is 0.220 e. The molecule has 0 saturated carbocycles. The first-order chi connectivity index (χ1) is 11.1. The van der Waals surface area contributed by atoms with E-state index in [0.717, 1.165) is 29.5 Å². The molecular formula is C16H17F2N3O2. The summed E-state index contributed by atoms with van der Waals surface area (Å²) in [6.45, 7) is 1.35. The first kappa shape index (κ1) is 15.8. The van der Waals surface area contributed by atoms with Crippen LogP contribution < -0.4 is 4.74 Å². The van der Waals surface area contributed by atoms with Crippen LogP contribution in [0.15, 0.2) is 24.5 Å². The highest BCUT2D eigenvalue weighted by Crippen LogP contribution is 2.26. The minimum absolute atomic E-state index is 0.0351. The van der Waals surface area contributed by atoms with Gasteiger partial charge in [0, 0.05) is 37.2 Å². The van der Waals surface area contributed by atoms with Gasteiger partial charge in [-0.2, -0.15) is 0 Å². The number of hydrogen-bond donors (Lipinski definition) is 1. The van der Waals surface area contributed by atoms with Gasteiger partial charge < -0.3 is 9.84 Å². The second-order valence-corrected chi connectivity index (χ2v) is 5.47. The van der Waals surface area contributed by atoms with Gasteiger partial charge in [-0.15, -0.1) is 0 Å². The summed E-state index contributed by atoms with van der Waals surface area (Å²) in [5.74, 6) is -0.678. The number of aromatic nitrogens is 2. The van der Waals surface area contributed by atoms with Crippen LogP contribution in [-0.2, 0) is 13.0 Å². The molecular weight excluding hydrogens is 304 g/mol. The molecule has 0 fully saturated rings. The number of methoxy groups -OCH3 is 1. The number of fused-ring (bicyclic) bond motifs is 1. The van der Waals surface area contributed by atoms with Crippen molar-refractivity contribution in [3.8, 4) is 5.88 Å². The molecule has 3 rings (SSSR count). The molecule has 1 aromatic heterocycles. The average Bonchev–Trinajstić information content (AvgIpc) is 2.56. The lowest BCUT2D eigenvalue weighted by Gasteiger charge is -2.30. The van der Waals surface area contributed by atoms with Gasteiger partial charge in [0.05, 0.1) is 18.9 Å². The maximum atomic E-state index is 13.7. The average molecular weight is 321 g/mol. The van der Waals surface area contributed by atoms with Gasteiger partial charge in [-0.25, -0.2) is 18.7 Å². The Bertz CT molecular complexity index is 697. The molecule has 2 heterocycles. The second kappa shape index (κ2) is 6.55. The van der Waals surface area contributed by atoms with Crippen LogP contribution >= 0.6 is 0 Å². The van der Waals surface area contributed by atoms with Crippen LogP contribution in [0.4, 0.5) is 8.78 Å². The highest BCUT2D eigenvalue weighted by Gasteiger charge is 2.24. The summed E-state index contributed by atoms with van der Waals surface area (Å²) in [5.41, 5.74) is 1.75. The molecule has 0 bridgehead atoms. The third-order valence-electron chi connectivity index (χ3n) is 3.98. The fourth-order valence-electron chi connectivity index (χ4n) is 2.82. The standard InChI is InChI=1S/C16H17F2N3O2/c1-23-16-12-7-21(5-4-14(12)19-9-20-16)8-15(22)11-6-10(17)2-3-13(11)18/h2-3,6,9,15,22H,4-5,7-8H2,1H3. The van der Waals surface area contributed by atoms with Crippen molar-refractivity contribution in [2.24, 2.45) is 0 Å². The molecule has 0 spiro atoms. The fourth-order valence-corrected chi connectivity index (χ4v) is 2.82. The lowest BCUT2D eigenvalue weighted by Crippen LogP contribution is -2.35. The Hall–Kier alpha value is -2.12. The van der Waals surface area contributed by atoms with Crippen LogP contribution in [0.2, 0.25) is 0 Å². The Labute approximate surface area is 132 Å². The van der Waals surface area contributed by atoms with E-state index in [9.17, 15) is 13.9 Å². The number of aliphatic hydroxyl groups is 1. The molecule has 1 aliphatic rings. The number of ether oxygens (including phenoxy) is 1. The summed E-state index contributed by atoms with van der Waals surface area (Å²) in [6, 6.07) is 3.09. The zero-order valence-electron chi connectivity index (χ0n) is 12.7. The van der Waals surface area contributed by atoms with E-state index in [1.807, 2.05) is 4.90 Å². The number of nitrogens with zero attached hydrogens (tertiary/aromatic N) is 3. The zero-order valence-corrected chi connectivity index (χ0v) is 12.7. The molecule has 1 atom stereocenters. The van der Waals surface area contributed by atoms with Crippen LogP contribution in [0, 0.1) is 11.6 Å². The molecule has 1 N–H and O–H groups in total. The van der Waals surface area contributed by atoms with Crippen molar-refractivity contribution < 1.29 is 18.6 Å². The van der Waals surface area contributed by atoms with Gasteiger partial charge in [0.2, 0.25) is 5.88 Å². The Kier molecular flexibility index (Phi) is 4.49. The van der Waals surface area contributed by atoms with Gasteiger partial charge in [-0.1, -0.05) is 0 Å². The summed E-state index contributed by atoms with van der Waals surface area (Å²) >= 11 is 0. The van der Waals surface area contributed by atoms with Crippen LogP contribution in [0.3, 0.4) is 0 Å². The van der Waals surface area contributed by atoms with Gasteiger partial charge in [-0.05, 0) is 18.2 Å². The van der Waals surface area contributed by atoms with Crippen LogP contribution in [0.25, 0.3) is 0 Å². The largest absolute Gasteiger partial charge is 0.481 e. The van der Waals surface area contributed by atoms with Crippen molar-refractivity contribution in [2.75, 3.05) is 20.2 Å². The summed E-state index contributed by atoms with van der Waals surface area (Å²) in [6.07, 6.45) is 1.04. The van der Waals surface area contributed by atoms with E-state index in [2.05, 4.69) is 9.97 Å². The first-order valence-electron chi connectivity index (χ1n) is 7.30. The molecule has 7 heteroatoms. The number of β-amino-alcohol motifs (C(OH)–C–C–N with tert-alkyl or cyclic N) is 1. The van der Waals surface area contributed by atoms with Crippen molar-refractivity contribution in [2.45, 2.75) is 19.1 Å². The van der Waals surface area contributed by atoms with E-state index in [4.69, 9.17) is 4.74 Å².